The topological polar surface area (TPSA) is 48.1 Å². The summed E-state index contributed by atoms with van der Waals surface area (Å²) in [6.45, 7) is 1.82. The van der Waals surface area contributed by atoms with Crippen molar-refractivity contribution >= 4 is 0 Å². The first kappa shape index (κ1) is 14.4. The second kappa shape index (κ2) is 5.54. The molecule has 0 aliphatic heterocycles. The first-order valence-electron chi connectivity index (χ1n) is 6.26. The fourth-order valence-electron chi connectivity index (χ4n) is 2.16. The average molecular weight is 278 g/mol. The van der Waals surface area contributed by atoms with E-state index in [9.17, 15) is 8.78 Å². The van der Waals surface area contributed by atoms with E-state index < -0.39 is 17.2 Å². The molecule has 106 valence electrons. The molecule has 2 rings (SSSR count). The van der Waals surface area contributed by atoms with Crippen molar-refractivity contribution in [1.29, 1.82) is 0 Å². The van der Waals surface area contributed by atoms with Gasteiger partial charge in [0.25, 0.3) is 0 Å². The molecule has 1 unspecified atom stereocenters. The molecule has 0 bridgehead atoms. The molecule has 0 saturated heterocycles. The Morgan fingerprint density at radius 2 is 2.00 bits per heavy atom. The smallest absolute Gasteiger partial charge is 0.170 e. The highest BCUT2D eigenvalue weighted by Crippen LogP contribution is 2.34. The molecular weight excluding hydrogens is 262 g/mol. The van der Waals surface area contributed by atoms with Gasteiger partial charge in [0, 0.05) is 5.56 Å². The zero-order valence-electron chi connectivity index (χ0n) is 11.4. The van der Waals surface area contributed by atoms with Gasteiger partial charge >= 0.3 is 0 Å². The van der Waals surface area contributed by atoms with Gasteiger partial charge in [-0.05, 0) is 24.6 Å². The van der Waals surface area contributed by atoms with Gasteiger partial charge in [-0.1, -0.05) is 19.1 Å². The van der Waals surface area contributed by atoms with Crippen LogP contribution in [0.15, 0.2) is 36.5 Å². The van der Waals surface area contributed by atoms with Gasteiger partial charge in [0.2, 0.25) is 0 Å². The van der Waals surface area contributed by atoms with Crippen molar-refractivity contribution in [3.8, 4) is 5.75 Å². The SMILES string of the molecule is CCC(N)(c1ccc(F)cn1)c1cccc(OC)c1F. The Balaban J connectivity index is 2.58. The molecule has 3 nitrogen and oxygen atoms in total. The Labute approximate surface area is 116 Å². The fourth-order valence-corrected chi connectivity index (χ4v) is 2.16. The van der Waals surface area contributed by atoms with Gasteiger partial charge in [-0.15, -0.1) is 0 Å². The normalized spacial score (nSPS) is 13.8. The van der Waals surface area contributed by atoms with Crippen molar-refractivity contribution in [2.24, 2.45) is 5.73 Å². The maximum Gasteiger partial charge on any atom is 0.170 e. The first-order valence-corrected chi connectivity index (χ1v) is 6.26. The van der Waals surface area contributed by atoms with Crippen LogP contribution >= 0.6 is 0 Å². The van der Waals surface area contributed by atoms with Crippen LogP contribution in [0, 0.1) is 11.6 Å². The number of nitrogens with two attached hydrogens (primary N) is 1. The van der Waals surface area contributed by atoms with E-state index in [0.717, 1.165) is 6.20 Å². The molecule has 0 radical (unpaired) electrons. The second-order valence-electron chi connectivity index (χ2n) is 4.51. The lowest BCUT2D eigenvalue weighted by molar-refractivity contribution is 0.374. The van der Waals surface area contributed by atoms with E-state index in [2.05, 4.69) is 4.98 Å². The molecule has 0 fully saturated rings. The summed E-state index contributed by atoms with van der Waals surface area (Å²) in [7, 11) is 1.39. The number of nitrogens with zero attached hydrogens (tertiary/aromatic N) is 1. The lowest BCUT2D eigenvalue weighted by atomic mass is 9.84. The molecule has 0 saturated carbocycles. The van der Waals surface area contributed by atoms with E-state index in [1.807, 2.05) is 6.92 Å². The summed E-state index contributed by atoms with van der Waals surface area (Å²) < 4.78 is 32.4. The lowest BCUT2D eigenvalue weighted by Gasteiger charge is -2.29. The molecule has 5 heteroatoms. The predicted octanol–water partition coefficient (Wildman–Crippen LogP) is 2.98. The Kier molecular flexibility index (Phi) is 3.99. The first-order chi connectivity index (χ1) is 9.52. The Morgan fingerprint density at radius 1 is 1.25 bits per heavy atom. The van der Waals surface area contributed by atoms with Gasteiger partial charge in [-0.2, -0.15) is 0 Å². The van der Waals surface area contributed by atoms with Crippen LogP contribution in [0.2, 0.25) is 0 Å². The lowest BCUT2D eigenvalue weighted by Crippen LogP contribution is -2.39. The van der Waals surface area contributed by atoms with E-state index >= 15 is 0 Å². The molecule has 1 aromatic carbocycles. The number of methoxy groups -OCH3 is 1. The van der Waals surface area contributed by atoms with Crippen LogP contribution in [0.4, 0.5) is 8.78 Å². The molecule has 0 spiro atoms. The summed E-state index contributed by atoms with van der Waals surface area (Å²) in [4.78, 5) is 3.99. The second-order valence-corrected chi connectivity index (χ2v) is 4.51. The zero-order chi connectivity index (χ0) is 14.8. The minimum absolute atomic E-state index is 0.118. The van der Waals surface area contributed by atoms with Crippen molar-refractivity contribution in [2.45, 2.75) is 18.9 Å². The Hall–Kier alpha value is -2.01. The molecular formula is C15H16F2N2O. The molecule has 1 heterocycles. The number of hydrogen-bond donors (Lipinski definition) is 1. The number of hydrogen-bond acceptors (Lipinski definition) is 3. The zero-order valence-corrected chi connectivity index (χ0v) is 11.4. The largest absolute Gasteiger partial charge is 0.494 e. The quantitative estimate of drug-likeness (QED) is 0.935. The number of rotatable bonds is 4. The third-order valence-electron chi connectivity index (χ3n) is 3.41. The van der Waals surface area contributed by atoms with Crippen molar-refractivity contribution in [3.05, 3.63) is 59.4 Å². The summed E-state index contributed by atoms with van der Waals surface area (Å²) >= 11 is 0. The van der Waals surface area contributed by atoms with Crippen molar-refractivity contribution < 1.29 is 13.5 Å². The molecule has 0 aliphatic rings. The van der Waals surface area contributed by atoms with Crippen LogP contribution in [0.5, 0.6) is 5.75 Å². The summed E-state index contributed by atoms with van der Waals surface area (Å²) in [6.07, 6.45) is 1.49. The maximum atomic E-state index is 14.4. The van der Waals surface area contributed by atoms with E-state index in [4.69, 9.17) is 10.5 Å². The minimum atomic E-state index is -1.13. The van der Waals surface area contributed by atoms with Crippen LogP contribution in [-0.4, -0.2) is 12.1 Å². The summed E-state index contributed by atoms with van der Waals surface area (Å²) in [5, 5.41) is 0. The molecule has 2 N–H and O–H groups in total. The van der Waals surface area contributed by atoms with Crippen molar-refractivity contribution in [3.63, 3.8) is 0 Å². The van der Waals surface area contributed by atoms with Crippen molar-refractivity contribution in [2.75, 3.05) is 7.11 Å². The highest BCUT2D eigenvalue weighted by atomic mass is 19.1. The van der Waals surface area contributed by atoms with Gasteiger partial charge in [0.1, 0.15) is 5.82 Å². The number of aromatic nitrogens is 1. The van der Waals surface area contributed by atoms with Crippen LogP contribution in [0.3, 0.4) is 0 Å². The van der Waals surface area contributed by atoms with Gasteiger partial charge in [-0.25, -0.2) is 8.78 Å². The Morgan fingerprint density at radius 3 is 2.55 bits per heavy atom. The maximum absolute atomic E-state index is 14.4. The summed E-state index contributed by atoms with van der Waals surface area (Å²) in [5.41, 5.74) is 5.89. The Bertz CT molecular complexity index is 601. The van der Waals surface area contributed by atoms with Gasteiger partial charge in [0.05, 0.1) is 24.5 Å². The van der Waals surface area contributed by atoms with E-state index in [-0.39, 0.29) is 11.3 Å². The highest BCUT2D eigenvalue weighted by molar-refractivity contribution is 5.40. The summed E-state index contributed by atoms with van der Waals surface area (Å²) in [5.74, 6) is -0.864. The van der Waals surface area contributed by atoms with Gasteiger partial charge in [0.15, 0.2) is 11.6 Å². The van der Waals surface area contributed by atoms with Crippen LogP contribution in [0.1, 0.15) is 24.6 Å². The van der Waals surface area contributed by atoms with Crippen LogP contribution in [-0.2, 0) is 5.54 Å². The number of benzene rings is 1. The average Bonchev–Trinajstić information content (AvgIpc) is 2.47. The number of pyridine rings is 1. The third-order valence-corrected chi connectivity index (χ3v) is 3.41. The fraction of sp³-hybridized carbons (Fsp3) is 0.267. The molecule has 0 amide bonds. The summed E-state index contributed by atoms with van der Waals surface area (Å²) in [6, 6.07) is 7.51. The molecule has 20 heavy (non-hydrogen) atoms. The molecule has 1 atom stereocenters. The predicted molar refractivity (Wildman–Crippen MR) is 72.4 cm³/mol. The number of halogens is 2. The third kappa shape index (κ3) is 2.36. The number of ether oxygens (including phenoxy) is 1. The van der Waals surface area contributed by atoms with E-state index in [1.54, 1.807) is 12.1 Å². The standard InChI is InChI=1S/C15H16F2N2O/c1-3-15(18,13-8-7-10(16)9-19-13)11-5-4-6-12(20-2)14(11)17/h4-9H,3,18H2,1-2H3. The minimum Gasteiger partial charge on any atom is -0.494 e. The van der Waals surface area contributed by atoms with E-state index in [1.165, 1.54) is 25.3 Å². The molecule has 1 aromatic heterocycles. The van der Waals surface area contributed by atoms with E-state index in [0.29, 0.717) is 12.1 Å². The molecule has 0 aliphatic carbocycles. The van der Waals surface area contributed by atoms with Crippen LogP contribution in [0.25, 0.3) is 0 Å². The monoisotopic (exact) mass is 278 g/mol. The van der Waals surface area contributed by atoms with Crippen LogP contribution < -0.4 is 10.5 Å². The van der Waals surface area contributed by atoms with Gasteiger partial charge in [-0.3, -0.25) is 4.98 Å². The molecule has 2 aromatic rings. The van der Waals surface area contributed by atoms with Gasteiger partial charge < -0.3 is 10.5 Å². The highest BCUT2D eigenvalue weighted by Gasteiger charge is 2.33. The van der Waals surface area contributed by atoms with Crippen molar-refractivity contribution in [1.82, 2.24) is 4.98 Å².